The quantitative estimate of drug-likeness (QED) is 0.782. The molecule has 0 unspecified atom stereocenters. The topological polar surface area (TPSA) is 46.6 Å². The number of hydrogen-bond acceptors (Lipinski definition) is 3. The van der Waals surface area contributed by atoms with Crippen molar-refractivity contribution in [3.63, 3.8) is 0 Å². The molecular formula is C15H19NO3. The number of nitrogens with zero attached hydrogens (tertiary/aromatic N) is 1. The van der Waals surface area contributed by atoms with Crippen LogP contribution in [0.5, 0.6) is 0 Å². The molecule has 1 aliphatic carbocycles. The van der Waals surface area contributed by atoms with E-state index in [-0.39, 0.29) is 17.9 Å². The van der Waals surface area contributed by atoms with Gasteiger partial charge in [0.25, 0.3) is 5.91 Å². The van der Waals surface area contributed by atoms with E-state index in [0.717, 1.165) is 12.8 Å². The largest absolute Gasteiger partial charge is 0.465 e. The van der Waals surface area contributed by atoms with Crippen molar-refractivity contribution in [2.45, 2.75) is 38.8 Å². The third-order valence-electron chi connectivity index (χ3n) is 3.28. The molecular weight excluding hydrogens is 242 g/mol. The minimum absolute atomic E-state index is 0.0360. The predicted molar refractivity (Wildman–Crippen MR) is 72.1 cm³/mol. The van der Waals surface area contributed by atoms with Gasteiger partial charge in [-0.15, -0.1) is 0 Å². The lowest BCUT2D eigenvalue weighted by Crippen LogP contribution is -2.38. The third kappa shape index (κ3) is 2.95. The molecule has 0 bridgehead atoms. The van der Waals surface area contributed by atoms with Gasteiger partial charge in [0, 0.05) is 17.6 Å². The minimum Gasteiger partial charge on any atom is -0.465 e. The third-order valence-corrected chi connectivity index (χ3v) is 3.28. The lowest BCUT2D eigenvalue weighted by Gasteiger charge is -2.26. The van der Waals surface area contributed by atoms with Gasteiger partial charge in [0.05, 0.1) is 12.7 Å². The summed E-state index contributed by atoms with van der Waals surface area (Å²) in [5, 5.41) is 0. The summed E-state index contributed by atoms with van der Waals surface area (Å²) in [5.74, 6) is -0.351. The summed E-state index contributed by atoms with van der Waals surface area (Å²) in [6.45, 7) is 4.05. The van der Waals surface area contributed by atoms with Crippen molar-refractivity contribution in [3.05, 3.63) is 35.4 Å². The van der Waals surface area contributed by atoms with Gasteiger partial charge >= 0.3 is 5.97 Å². The summed E-state index contributed by atoms with van der Waals surface area (Å²) in [6.07, 6.45) is 2.17. The van der Waals surface area contributed by atoms with Crippen LogP contribution in [0.15, 0.2) is 24.3 Å². The van der Waals surface area contributed by atoms with Crippen LogP contribution in [0.4, 0.5) is 0 Å². The summed E-state index contributed by atoms with van der Waals surface area (Å²) in [4.78, 5) is 25.7. The standard InChI is InChI=1S/C15H19NO3/c1-10(2)16(13-8-9-13)14(17)11-4-6-12(7-5-11)15(18)19-3/h4-7,10,13H,8-9H2,1-3H3. The number of ether oxygens (including phenoxy) is 1. The smallest absolute Gasteiger partial charge is 0.337 e. The fourth-order valence-electron chi connectivity index (χ4n) is 2.19. The lowest BCUT2D eigenvalue weighted by molar-refractivity contribution is 0.0598. The molecule has 1 saturated carbocycles. The van der Waals surface area contributed by atoms with Crippen LogP contribution >= 0.6 is 0 Å². The molecule has 0 spiro atoms. The van der Waals surface area contributed by atoms with Crippen molar-refractivity contribution in [1.29, 1.82) is 0 Å². The minimum atomic E-state index is -0.387. The molecule has 4 nitrogen and oxygen atoms in total. The SMILES string of the molecule is COC(=O)c1ccc(C(=O)N(C(C)C)C2CC2)cc1. The number of esters is 1. The van der Waals surface area contributed by atoms with Gasteiger partial charge in [0.1, 0.15) is 0 Å². The highest BCUT2D eigenvalue weighted by molar-refractivity contribution is 5.96. The van der Waals surface area contributed by atoms with E-state index in [2.05, 4.69) is 4.74 Å². The van der Waals surface area contributed by atoms with E-state index in [4.69, 9.17) is 0 Å². The van der Waals surface area contributed by atoms with Crippen LogP contribution in [0.3, 0.4) is 0 Å². The maximum Gasteiger partial charge on any atom is 0.337 e. The summed E-state index contributed by atoms with van der Waals surface area (Å²) in [5.41, 5.74) is 1.08. The van der Waals surface area contributed by atoms with Gasteiger partial charge in [-0.05, 0) is 51.0 Å². The van der Waals surface area contributed by atoms with Gasteiger partial charge < -0.3 is 9.64 Å². The van der Waals surface area contributed by atoms with Crippen LogP contribution in [0.2, 0.25) is 0 Å². The second kappa shape index (κ2) is 5.43. The number of hydrogen-bond donors (Lipinski definition) is 0. The fraction of sp³-hybridized carbons (Fsp3) is 0.467. The first kappa shape index (κ1) is 13.6. The Kier molecular flexibility index (Phi) is 3.88. The van der Waals surface area contributed by atoms with Crippen molar-refractivity contribution in [3.8, 4) is 0 Å². The van der Waals surface area contributed by atoms with Gasteiger partial charge in [0.15, 0.2) is 0 Å². The van der Waals surface area contributed by atoms with Crippen LogP contribution in [-0.4, -0.2) is 36.0 Å². The first-order valence-corrected chi connectivity index (χ1v) is 6.55. The molecule has 1 aliphatic rings. The maximum absolute atomic E-state index is 12.4. The Balaban J connectivity index is 2.16. The number of carbonyl (C=O) groups is 2. The summed E-state index contributed by atoms with van der Waals surface area (Å²) in [6, 6.07) is 7.21. The first-order valence-electron chi connectivity index (χ1n) is 6.55. The van der Waals surface area contributed by atoms with Crippen LogP contribution in [0.1, 0.15) is 47.4 Å². The molecule has 1 amide bonds. The highest BCUT2D eigenvalue weighted by Crippen LogP contribution is 2.30. The monoisotopic (exact) mass is 261 g/mol. The van der Waals surface area contributed by atoms with Crippen molar-refractivity contribution in [2.24, 2.45) is 0 Å². The summed E-state index contributed by atoms with van der Waals surface area (Å²) < 4.78 is 4.64. The van der Waals surface area contributed by atoms with Gasteiger partial charge in [-0.25, -0.2) is 4.79 Å². The van der Waals surface area contributed by atoms with Crippen LogP contribution in [0.25, 0.3) is 0 Å². The Hall–Kier alpha value is -1.84. The molecule has 102 valence electrons. The Labute approximate surface area is 113 Å². The fourth-order valence-corrected chi connectivity index (χ4v) is 2.19. The molecule has 1 aromatic rings. The second-order valence-corrected chi connectivity index (χ2v) is 5.11. The number of carbonyl (C=O) groups excluding carboxylic acids is 2. The van der Waals surface area contributed by atoms with E-state index in [1.807, 2.05) is 18.7 Å². The molecule has 0 aromatic heterocycles. The highest BCUT2D eigenvalue weighted by Gasteiger charge is 2.34. The van der Waals surface area contributed by atoms with E-state index in [1.165, 1.54) is 7.11 Å². The summed E-state index contributed by atoms with van der Waals surface area (Å²) in [7, 11) is 1.34. The molecule has 0 saturated heterocycles. The first-order chi connectivity index (χ1) is 9.04. The maximum atomic E-state index is 12.4. The van der Waals surface area contributed by atoms with Crippen molar-refractivity contribution in [2.75, 3.05) is 7.11 Å². The average Bonchev–Trinajstić information content (AvgIpc) is 3.22. The molecule has 0 heterocycles. The molecule has 0 atom stereocenters. The van der Waals surface area contributed by atoms with Gasteiger partial charge in [0.2, 0.25) is 0 Å². The van der Waals surface area contributed by atoms with Crippen molar-refractivity contribution < 1.29 is 14.3 Å². The highest BCUT2D eigenvalue weighted by atomic mass is 16.5. The molecule has 1 aromatic carbocycles. The van der Waals surface area contributed by atoms with Crippen molar-refractivity contribution >= 4 is 11.9 Å². The van der Waals surface area contributed by atoms with E-state index in [0.29, 0.717) is 17.2 Å². The second-order valence-electron chi connectivity index (χ2n) is 5.11. The van der Waals surface area contributed by atoms with Crippen LogP contribution < -0.4 is 0 Å². The van der Waals surface area contributed by atoms with E-state index in [1.54, 1.807) is 24.3 Å². The van der Waals surface area contributed by atoms with Crippen LogP contribution in [0, 0.1) is 0 Å². The van der Waals surface area contributed by atoms with Gasteiger partial charge in [-0.1, -0.05) is 0 Å². The van der Waals surface area contributed by atoms with Crippen LogP contribution in [-0.2, 0) is 4.74 Å². The Morgan fingerprint density at radius 1 is 1.16 bits per heavy atom. The number of methoxy groups -OCH3 is 1. The molecule has 0 aliphatic heterocycles. The molecule has 0 radical (unpaired) electrons. The zero-order chi connectivity index (χ0) is 14.0. The number of rotatable bonds is 4. The number of benzene rings is 1. The summed E-state index contributed by atoms with van der Waals surface area (Å²) >= 11 is 0. The molecule has 2 rings (SSSR count). The Bertz CT molecular complexity index is 473. The average molecular weight is 261 g/mol. The van der Waals surface area contributed by atoms with Crippen molar-refractivity contribution in [1.82, 2.24) is 4.90 Å². The molecule has 4 heteroatoms. The van der Waals surface area contributed by atoms with E-state index < -0.39 is 0 Å². The van der Waals surface area contributed by atoms with Gasteiger partial charge in [-0.3, -0.25) is 4.79 Å². The van der Waals surface area contributed by atoms with E-state index in [9.17, 15) is 9.59 Å². The van der Waals surface area contributed by atoms with Gasteiger partial charge in [-0.2, -0.15) is 0 Å². The predicted octanol–water partition coefficient (Wildman–Crippen LogP) is 2.49. The lowest BCUT2D eigenvalue weighted by atomic mass is 10.1. The number of amides is 1. The normalized spacial score (nSPS) is 14.3. The zero-order valence-electron chi connectivity index (χ0n) is 11.6. The molecule has 1 fully saturated rings. The zero-order valence-corrected chi connectivity index (χ0v) is 11.6. The molecule has 19 heavy (non-hydrogen) atoms. The Morgan fingerprint density at radius 2 is 1.68 bits per heavy atom. The molecule has 0 N–H and O–H groups in total. The Morgan fingerprint density at radius 3 is 2.11 bits per heavy atom. The van der Waals surface area contributed by atoms with E-state index >= 15 is 0 Å².